The highest BCUT2D eigenvalue weighted by Gasteiger charge is 2.30. The van der Waals surface area contributed by atoms with Crippen molar-refractivity contribution in [1.29, 1.82) is 0 Å². The number of aliphatic carboxylic acids is 1. The van der Waals surface area contributed by atoms with Crippen LogP contribution in [0.5, 0.6) is 0 Å². The minimum Gasteiger partial charge on any atom is -0.481 e. The lowest BCUT2D eigenvalue weighted by molar-refractivity contribution is -0.137. The number of aryl methyl sites for hydroxylation is 1. The number of carboxylic acids is 1. The van der Waals surface area contributed by atoms with Crippen LogP contribution in [0, 0.1) is 0 Å². The number of amides is 3. The molecule has 2 aliphatic heterocycles. The summed E-state index contributed by atoms with van der Waals surface area (Å²) in [5.41, 5.74) is 1.76. The Labute approximate surface area is 152 Å². The number of carboxylic acid groups (broad SMARTS) is 1. The van der Waals surface area contributed by atoms with Crippen LogP contribution in [0.3, 0.4) is 0 Å². The molecule has 0 aliphatic carbocycles. The summed E-state index contributed by atoms with van der Waals surface area (Å²) in [7, 11) is 0. The van der Waals surface area contributed by atoms with E-state index in [0.717, 1.165) is 17.8 Å². The van der Waals surface area contributed by atoms with Crippen LogP contribution in [-0.2, 0) is 16.0 Å². The zero-order chi connectivity index (χ0) is 18.5. The lowest BCUT2D eigenvalue weighted by atomic mass is 10.1. The van der Waals surface area contributed by atoms with Gasteiger partial charge in [-0.25, -0.2) is 4.79 Å². The molecule has 0 bridgehead atoms. The van der Waals surface area contributed by atoms with Crippen LogP contribution >= 0.6 is 0 Å². The lowest BCUT2D eigenvalue weighted by Gasteiger charge is -2.29. The molecule has 2 fully saturated rings. The van der Waals surface area contributed by atoms with Gasteiger partial charge in [0.2, 0.25) is 5.91 Å². The normalized spacial score (nSPS) is 17.9. The Balaban J connectivity index is 1.53. The lowest BCUT2D eigenvalue weighted by Crippen LogP contribution is -2.50. The average molecular weight is 360 g/mol. The van der Waals surface area contributed by atoms with Crippen molar-refractivity contribution in [2.75, 3.05) is 50.7 Å². The molecule has 1 aromatic rings. The van der Waals surface area contributed by atoms with Crippen LogP contribution in [0.4, 0.5) is 10.5 Å². The van der Waals surface area contributed by atoms with Gasteiger partial charge in [-0.15, -0.1) is 0 Å². The van der Waals surface area contributed by atoms with Gasteiger partial charge in [0.05, 0.1) is 6.54 Å². The van der Waals surface area contributed by atoms with Gasteiger partial charge in [0.1, 0.15) is 0 Å². The number of piperazine rings is 1. The Morgan fingerprint density at radius 3 is 2.46 bits per heavy atom. The third-order valence-electron chi connectivity index (χ3n) is 4.80. The highest BCUT2D eigenvalue weighted by atomic mass is 16.4. The molecule has 1 aromatic carbocycles. The molecule has 0 unspecified atom stereocenters. The third kappa shape index (κ3) is 4.32. The second-order valence-corrected chi connectivity index (χ2v) is 6.54. The van der Waals surface area contributed by atoms with Crippen molar-refractivity contribution in [3.63, 3.8) is 0 Å². The van der Waals surface area contributed by atoms with Crippen LogP contribution in [0.25, 0.3) is 0 Å². The standard InChI is InChI=1S/C18H24N4O4/c23-16-13-19-7-8-20(16)9-10-21-11-12-22(18(21)26)15-4-1-14(2-5-15)3-6-17(24)25/h1-2,4-5,19H,3,6-13H2,(H,24,25). The molecule has 8 heteroatoms. The predicted octanol–water partition coefficient (Wildman–Crippen LogP) is 0.378. The molecule has 0 radical (unpaired) electrons. The van der Waals surface area contributed by atoms with E-state index in [2.05, 4.69) is 5.32 Å². The van der Waals surface area contributed by atoms with Crippen molar-refractivity contribution in [2.45, 2.75) is 12.8 Å². The van der Waals surface area contributed by atoms with Crippen molar-refractivity contribution in [1.82, 2.24) is 15.1 Å². The molecule has 2 heterocycles. The van der Waals surface area contributed by atoms with Crippen LogP contribution in [0.2, 0.25) is 0 Å². The summed E-state index contributed by atoms with van der Waals surface area (Å²) in [4.78, 5) is 40.4. The van der Waals surface area contributed by atoms with Crippen LogP contribution in [0.15, 0.2) is 24.3 Å². The van der Waals surface area contributed by atoms with Crippen molar-refractivity contribution < 1.29 is 19.5 Å². The number of carbonyl (C=O) groups is 3. The first-order valence-corrected chi connectivity index (χ1v) is 8.90. The SMILES string of the molecule is O=C(O)CCc1ccc(N2CCN(CCN3CCNCC3=O)C2=O)cc1. The fourth-order valence-electron chi connectivity index (χ4n) is 3.25. The molecule has 3 amide bonds. The topological polar surface area (TPSA) is 93.2 Å². The smallest absolute Gasteiger partial charge is 0.324 e. The molecule has 0 aromatic heterocycles. The van der Waals surface area contributed by atoms with Gasteiger partial charge in [-0.3, -0.25) is 14.5 Å². The average Bonchev–Trinajstić information content (AvgIpc) is 3.00. The summed E-state index contributed by atoms with van der Waals surface area (Å²) >= 11 is 0. The minimum absolute atomic E-state index is 0.0501. The molecule has 3 rings (SSSR count). The molecule has 140 valence electrons. The fraction of sp³-hybridized carbons (Fsp3) is 0.500. The number of nitrogens with one attached hydrogen (secondary N) is 1. The van der Waals surface area contributed by atoms with Gasteiger partial charge in [0.25, 0.3) is 0 Å². The predicted molar refractivity (Wildman–Crippen MR) is 96.2 cm³/mol. The number of urea groups is 1. The van der Waals surface area contributed by atoms with Crippen LogP contribution < -0.4 is 10.2 Å². The van der Waals surface area contributed by atoms with E-state index < -0.39 is 5.97 Å². The molecule has 26 heavy (non-hydrogen) atoms. The van der Waals surface area contributed by atoms with Gasteiger partial charge in [0, 0.05) is 51.4 Å². The zero-order valence-electron chi connectivity index (χ0n) is 14.7. The summed E-state index contributed by atoms with van der Waals surface area (Å²) in [5, 5.41) is 11.8. The van der Waals surface area contributed by atoms with Gasteiger partial charge in [-0.2, -0.15) is 0 Å². The maximum atomic E-state index is 12.6. The Hall–Kier alpha value is -2.61. The van der Waals surface area contributed by atoms with Gasteiger partial charge in [0.15, 0.2) is 0 Å². The first-order valence-electron chi connectivity index (χ1n) is 8.90. The first kappa shape index (κ1) is 18.2. The number of anilines is 1. The number of hydrogen-bond acceptors (Lipinski definition) is 4. The summed E-state index contributed by atoms with van der Waals surface area (Å²) in [6, 6.07) is 7.41. The van der Waals surface area contributed by atoms with E-state index >= 15 is 0 Å². The fourth-order valence-corrected chi connectivity index (χ4v) is 3.25. The highest BCUT2D eigenvalue weighted by Crippen LogP contribution is 2.21. The Morgan fingerprint density at radius 1 is 1.04 bits per heavy atom. The third-order valence-corrected chi connectivity index (χ3v) is 4.80. The summed E-state index contributed by atoms with van der Waals surface area (Å²) in [6.45, 7) is 4.20. The van der Waals surface area contributed by atoms with Gasteiger partial charge < -0.3 is 20.2 Å². The van der Waals surface area contributed by atoms with E-state index in [4.69, 9.17) is 5.11 Å². The minimum atomic E-state index is -0.817. The maximum absolute atomic E-state index is 12.6. The Bertz CT molecular complexity index is 676. The zero-order valence-corrected chi connectivity index (χ0v) is 14.7. The second-order valence-electron chi connectivity index (χ2n) is 6.54. The molecular weight excluding hydrogens is 336 g/mol. The molecule has 0 atom stereocenters. The molecule has 2 N–H and O–H groups in total. The number of carbonyl (C=O) groups excluding carboxylic acids is 2. The molecule has 0 saturated carbocycles. The van der Waals surface area contributed by atoms with Crippen molar-refractivity contribution in [3.05, 3.63) is 29.8 Å². The van der Waals surface area contributed by atoms with E-state index in [1.165, 1.54) is 0 Å². The van der Waals surface area contributed by atoms with Gasteiger partial charge in [-0.05, 0) is 24.1 Å². The van der Waals surface area contributed by atoms with E-state index in [1.54, 1.807) is 14.7 Å². The molecule has 8 nitrogen and oxygen atoms in total. The summed E-state index contributed by atoms with van der Waals surface area (Å²) < 4.78 is 0. The van der Waals surface area contributed by atoms with Gasteiger partial charge in [-0.1, -0.05) is 12.1 Å². The van der Waals surface area contributed by atoms with E-state index in [1.807, 2.05) is 24.3 Å². The van der Waals surface area contributed by atoms with Crippen molar-refractivity contribution >= 4 is 23.6 Å². The monoisotopic (exact) mass is 360 g/mol. The Morgan fingerprint density at radius 2 is 1.77 bits per heavy atom. The highest BCUT2D eigenvalue weighted by molar-refractivity contribution is 5.94. The van der Waals surface area contributed by atoms with E-state index in [-0.39, 0.29) is 18.4 Å². The molecule has 2 saturated heterocycles. The quantitative estimate of drug-likeness (QED) is 0.733. The number of hydrogen-bond donors (Lipinski definition) is 2. The second kappa shape index (κ2) is 8.18. The maximum Gasteiger partial charge on any atom is 0.324 e. The molecule has 0 spiro atoms. The van der Waals surface area contributed by atoms with Crippen molar-refractivity contribution in [3.8, 4) is 0 Å². The molecule has 2 aliphatic rings. The largest absolute Gasteiger partial charge is 0.481 e. The number of nitrogens with zero attached hydrogens (tertiary/aromatic N) is 3. The Kier molecular flexibility index (Phi) is 5.72. The molecular formula is C18H24N4O4. The van der Waals surface area contributed by atoms with Crippen molar-refractivity contribution in [2.24, 2.45) is 0 Å². The summed E-state index contributed by atoms with van der Waals surface area (Å²) in [5.74, 6) is -0.737. The summed E-state index contributed by atoms with van der Waals surface area (Å²) in [6.07, 6.45) is 0.578. The van der Waals surface area contributed by atoms with E-state index in [9.17, 15) is 14.4 Å². The van der Waals surface area contributed by atoms with Crippen LogP contribution in [-0.4, -0.2) is 78.6 Å². The van der Waals surface area contributed by atoms with Crippen LogP contribution in [0.1, 0.15) is 12.0 Å². The number of rotatable bonds is 7. The first-order chi connectivity index (χ1) is 12.5. The van der Waals surface area contributed by atoms with Gasteiger partial charge >= 0.3 is 12.0 Å². The van der Waals surface area contributed by atoms with E-state index in [0.29, 0.717) is 45.7 Å². The number of benzene rings is 1.